The summed E-state index contributed by atoms with van der Waals surface area (Å²) in [6.07, 6.45) is 1.18. The van der Waals surface area contributed by atoms with E-state index in [4.69, 9.17) is 9.84 Å². The molecule has 1 heterocycles. The van der Waals surface area contributed by atoms with Gasteiger partial charge in [0.1, 0.15) is 12.1 Å². The molecular formula is C17H20N4O5. The molecule has 0 atom stereocenters. The molecule has 2 N–H and O–H groups in total. The number of anilines is 1. The molecule has 0 fully saturated rings. The van der Waals surface area contributed by atoms with E-state index in [0.29, 0.717) is 11.3 Å². The minimum Gasteiger partial charge on any atom is -0.476 e. The highest BCUT2D eigenvalue weighted by Gasteiger charge is 2.18. The molecule has 0 spiro atoms. The molecule has 1 aromatic heterocycles. The van der Waals surface area contributed by atoms with Crippen molar-refractivity contribution in [2.24, 2.45) is 0 Å². The van der Waals surface area contributed by atoms with Gasteiger partial charge in [-0.2, -0.15) is 0 Å². The second-order valence-electron chi connectivity index (χ2n) is 6.58. The van der Waals surface area contributed by atoms with Gasteiger partial charge in [-0.15, -0.1) is 5.10 Å². The number of nitrogens with zero attached hydrogens (tertiary/aromatic N) is 3. The molecular weight excluding hydrogens is 340 g/mol. The van der Waals surface area contributed by atoms with Crippen LogP contribution in [0.2, 0.25) is 0 Å². The van der Waals surface area contributed by atoms with Gasteiger partial charge in [-0.3, -0.25) is 9.59 Å². The maximum Gasteiger partial charge on any atom is 0.358 e. The first kappa shape index (κ1) is 19.1. The Morgan fingerprint density at radius 2 is 1.92 bits per heavy atom. The number of benzene rings is 1. The average Bonchev–Trinajstić information content (AvgIpc) is 2.96. The van der Waals surface area contributed by atoms with Gasteiger partial charge in [-0.25, -0.2) is 9.48 Å². The number of aromatic nitrogens is 3. The Morgan fingerprint density at radius 1 is 1.23 bits per heavy atom. The maximum absolute atomic E-state index is 12.2. The Labute approximate surface area is 150 Å². The molecule has 26 heavy (non-hydrogen) atoms. The van der Waals surface area contributed by atoms with Gasteiger partial charge in [0, 0.05) is 5.69 Å². The molecule has 2 rings (SSSR count). The summed E-state index contributed by atoms with van der Waals surface area (Å²) in [6.45, 7) is 5.13. The predicted molar refractivity (Wildman–Crippen MR) is 91.6 cm³/mol. The molecule has 1 aromatic carbocycles. The zero-order valence-electron chi connectivity index (χ0n) is 14.7. The van der Waals surface area contributed by atoms with Crippen molar-refractivity contribution in [1.82, 2.24) is 15.0 Å². The van der Waals surface area contributed by atoms with Crippen LogP contribution >= 0.6 is 0 Å². The van der Waals surface area contributed by atoms with E-state index < -0.39 is 23.4 Å². The molecule has 9 nitrogen and oxygen atoms in total. The molecule has 1 amide bonds. The molecule has 0 aliphatic heterocycles. The van der Waals surface area contributed by atoms with Crippen molar-refractivity contribution in [1.29, 1.82) is 0 Å². The summed E-state index contributed by atoms with van der Waals surface area (Å²) in [7, 11) is 0. The van der Waals surface area contributed by atoms with Gasteiger partial charge in [-0.05, 0) is 32.4 Å². The fourth-order valence-electron chi connectivity index (χ4n) is 2.14. The van der Waals surface area contributed by atoms with Crippen molar-refractivity contribution in [3.63, 3.8) is 0 Å². The highest BCUT2D eigenvalue weighted by Crippen LogP contribution is 2.18. The Kier molecular flexibility index (Phi) is 5.71. The molecule has 9 heteroatoms. The number of carbonyl (C=O) groups is 3. The van der Waals surface area contributed by atoms with E-state index in [1.165, 1.54) is 0 Å². The Morgan fingerprint density at radius 3 is 2.54 bits per heavy atom. The van der Waals surface area contributed by atoms with Gasteiger partial charge in [0.25, 0.3) is 0 Å². The number of rotatable bonds is 6. The topological polar surface area (TPSA) is 123 Å². The summed E-state index contributed by atoms with van der Waals surface area (Å²) in [5.74, 6) is -2.05. The number of para-hydroxylation sites is 1. The molecule has 0 aliphatic carbocycles. The number of nitrogens with one attached hydrogen (secondary N) is 1. The summed E-state index contributed by atoms with van der Waals surface area (Å²) in [4.78, 5) is 35.0. The lowest BCUT2D eigenvalue weighted by atomic mass is 10.1. The first-order chi connectivity index (χ1) is 12.1. The van der Waals surface area contributed by atoms with Crippen LogP contribution in [-0.2, 0) is 27.3 Å². The molecule has 0 saturated carbocycles. The number of hydrogen-bond acceptors (Lipinski definition) is 6. The third-order valence-electron chi connectivity index (χ3n) is 3.11. The normalized spacial score (nSPS) is 11.0. The van der Waals surface area contributed by atoms with Crippen molar-refractivity contribution < 1.29 is 24.2 Å². The highest BCUT2D eigenvalue weighted by molar-refractivity contribution is 5.92. The molecule has 0 aliphatic rings. The van der Waals surface area contributed by atoms with Crippen LogP contribution in [-0.4, -0.2) is 43.5 Å². The van der Waals surface area contributed by atoms with Crippen molar-refractivity contribution in [2.45, 2.75) is 39.3 Å². The lowest BCUT2D eigenvalue weighted by molar-refractivity contribution is -0.153. The van der Waals surface area contributed by atoms with Crippen molar-refractivity contribution in [3.8, 4) is 0 Å². The SMILES string of the molecule is CC(C)(C)OC(=O)Cc1ccccc1NC(=O)Cn1cc(C(=O)O)nn1. The van der Waals surface area contributed by atoms with Gasteiger partial charge in [0.2, 0.25) is 5.91 Å². The lowest BCUT2D eigenvalue weighted by Crippen LogP contribution is -2.25. The van der Waals surface area contributed by atoms with Crippen LogP contribution in [0.5, 0.6) is 0 Å². The number of carbonyl (C=O) groups excluding carboxylic acids is 2. The van der Waals surface area contributed by atoms with Crippen LogP contribution in [0, 0.1) is 0 Å². The van der Waals surface area contributed by atoms with E-state index in [9.17, 15) is 14.4 Å². The van der Waals surface area contributed by atoms with Gasteiger partial charge in [0.15, 0.2) is 5.69 Å². The molecule has 0 bridgehead atoms. The van der Waals surface area contributed by atoms with Crippen LogP contribution in [0.25, 0.3) is 0 Å². The fraction of sp³-hybridized carbons (Fsp3) is 0.353. The van der Waals surface area contributed by atoms with E-state index in [1.54, 1.807) is 45.0 Å². The van der Waals surface area contributed by atoms with Crippen LogP contribution < -0.4 is 5.32 Å². The number of carboxylic acids is 1. The predicted octanol–water partition coefficient (Wildman–Crippen LogP) is 1.50. The molecule has 2 aromatic rings. The largest absolute Gasteiger partial charge is 0.476 e. The quantitative estimate of drug-likeness (QED) is 0.748. The zero-order valence-corrected chi connectivity index (χ0v) is 14.7. The average molecular weight is 360 g/mol. The van der Waals surface area contributed by atoms with Crippen molar-refractivity contribution >= 4 is 23.5 Å². The first-order valence-corrected chi connectivity index (χ1v) is 7.87. The maximum atomic E-state index is 12.2. The minimum absolute atomic E-state index is 0.0141. The van der Waals surface area contributed by atoms with E-state index in [0.717, 1.165) is 10.9 Å². The zero-order chi connectivity index (χ0) is 19.3. The molecule has 0 unspecified atom stereocenters. The van der Waals surface area contributed by atoms with E-state index in [1.807, 2.05) is 0 Å². The Hall–Kier alpha value is -3.23. The van der Waals surface area contributed by atoms with Gasteiger partial charge in [0.05, 0.1) is 12.6 Å². The van der Waals surface area contributed by atoms with Crippen molar-refractivity contribution in [2.75, 3.05) is 5.32 Å². The van der Waals surface area contributed by atoms with Crippen LogP contribution in [0.15, 0.2) is 30.5 Å². The number of aromatic carboxylic acids is 1. The highest BCUT2D eigenvalue weighted by atomic mass is 16.6. The fourth-order valence-corrected chi connectivity index (χ4v) is 2.14. The monoisotopic (exact) mass is 360 g/mol. The third kappa shape index (κ3) is 5.69. The summed E-state index contributed by atoms with van der Waals surface area (Å²) < 4.78 is 6.41. The molecule has 0 radical (unpaired) electrons. The number of ether oxygens (including phenoxy) is 1. The second-order valence-corrected chi connectivity index (χ2v) is 6.58. The lowest BCUT2D eigenvalue weighted by Gasteiger charge is -2.20. The van der Waals surface area contributed by atoms with Crippen LogP contribution in [0.1, 0.15) is 36.8 Å². The first-order valence-electron chi connectivity index (χ1n) is 7.87. The van der Waals surface area contributed by atoms with E-state index >= 15 is 0 Å². The van der Waals surface area contributed by atoms with Crippen LogP contribution in [0.3, 0.4) is 0 Å². The van der Waals surface area contributed by atoms with Gasteiger partial charge in [-0.1, -0.05) is 23.4 Å². The second kappa shape index (κ2) is 7.77. The number of esters is 1. The van der Waals surface area contributed by atoms with E-state index in [-0.39, 0.29) is 18.7 Å². The Balaban J connectivity index is 2.03. The minimum atomic E-state index is -1.22. The van der Waals surface area contributed by atoms with Crippen molar-refractivity contribution in [3.05, 3.63) is 41.7 Å². The summed E-state index contributed by atoms with van der Waals surface area (Å²) in [5, 5.41) is 18.5. The summed E-state index contributed by atoms with van der Waals surface area (Å²) >= 11 is 0. The van der Waals surface area contributed by atoms with Crippen LogP contribution in [0.4, 0.5) is 5.69 Å². The Bertz CT molecular complexity index is 823. The number of amides is 1. The smallest absolute Gasteiger partial charge is 0.358 e. The third-order valence-corrected chi connectivity index (χ3v) is 3.11. The number of carboxylic acid groups (broad SMARTS) is 1. The van der Waals surface area contributed by atoms with Gasteiger partial charge >= 0.3 is 11.9 Å². The van der Waals surface area contributed by atoms with E-state index in [2.05, 4.69) is 15.6 Å². The molecule has 138 valence electrons. The standard InChI is InChI=1S/C17H20N4O5/c1-17(2,3)26-15(23)8-11-6-4-5-7-12(11)18-14(22)10-21-9-13(16(24)25)19-20-21/h4-7,9H,8,10H2,1-3H3,(H,18,22)(H,24,25). The van der Waals surface area contributed by atoms with Gasteiger partial charge < -0.3 is 15.2 Å². The summed E-state index contributed by atoms with van der Waals surface area (Å²) in [5.41, 5.74) is 0.245. The molecule has 0 saturated heterocycles. The number of hydrogen-bond donors (Lipinski definition) is 2. The summed E-state index contributed by atoms with van der Waals surface area (Å²) in [6, 6.07) is 6.87.